The molecule has 2 aromatic heterocycles. The molecule has 6 nitrogen and oxygen atoms in total. The molecule has 1 amide bonds. The molecule has 0 aliphatic carbocycles. The Labute approximate surface area is 174 Å². The molecule has 0 aliphatic rings. The molecule has 4 rings (SSSR count). The van der Waals surface area contributed by atoms with E-state index in [0.717, 1.165) is 10.1 Å². The third kappa shape index (κ3) is 3.57. The number of amides is 1. The van der Waals surface area contributed by atoms with E-state index in [1.807, 2.05) is 25.1 Å². The minimum atomic E-state index is -0.656. The van der Waals surface area contributed by atoms with Crippen LogP contribution in [0.15, 0.2) is 63.5 Å². The second-order valence-corrected chi connectivity index (χ2v) is 7.91. The van der Waals surface area contributed by atoms with Gasteiger partial charge in [-0.25, -0.2) is 13.8 Å². The summed E-state index contributed by atoms with van der Waals surface area (Å²) in [6, 6.07) is 13.0. The zero-order chi connectivity index (χ0) is 21.4. The fourth-order valence-corrected chi connectivity index (χ4v) is 4.13. The molecular weight excluding hydrogens is 405 g/mol. The summed E-state index contributed by atoms with van der Waals surface area (Å²) in [4.78, 5) is 38.8. The molecule has 0 saturated carbocycles. The lowest BCUT2D eigenvalue weighted by Gasteiger charge is -2.13. The van der Waals surface area contributed by atoms with E-state index in [4.69, 9.17) is 0 Å². The first-order chi connectivity index (χ1) is 14.3. The Morgan fingerprint density at radius 3 is 2.63 bits per heavy atom. The van der Waals surface area contributed by atoms with Gasteiger partial charge >= 0.3 is 5.69 Å². The largest absolute Gasteiger partial charge is 0.336 e. The van der Waals surface area contributed by atoms with Crippen LogP contribution in [-0.4, -0.2) is 15.0 Å². The normalized spacial score (nSPS) is 11.0. The average molecular weight is 423 g/mol. The topological polar surface area (TPSA) is 73.1 Å². The second-order valence-electron chi connectivity index (χ2n) is 7.00. The molecule has 0 atom stereocenters. The fraction of sp³-hybridized carbons (Fsp3) is 0.136. The van der Waals surface area contributed by atoms with Crippen LogP contribution in [0.3, 0.4) is 0 Å². The molecule has 0 fully saturated rings. The molecule has 1 N–H and O–H groups in total. The predicted molar refractivity (Wildman–Crippen MR) is 116 cm³/mol. The van der Waals surface area contributed by atoms with Gasteiger partial charge in [-0.3, -0.25) is 14.2 Å². The van der Waals surface area contributed by atoms with Gasteiger partial charge in [-0.2, -0.15) is 0 Å². The maximum atomic E-state index is 13.7. The molecule has 0 radical (unpaired) electrons. The number of anilines is 1. The molecule has 0 unspecified atom stereocenters. The van der Waals surface area contributed by atoms with Crippen molar-refractivity contribution in [2.24, 2.45) is 0 Å². The van der Waals surface area contributed by atoms with Crippen molar-refractivity contribution in [2.75, 3.05) is 5.32 Å². The number of fused-ring (bicyclic) bond motifs is 1. The van der Waals surface area contributed by atoms with E-state index in [1.165, 1.54) is 34.1 Å². The first-order valence-corrected chi connectivity index (χ1v) is 10.1. The summed E-state index contributed by atoms with van der Waals surface area (Å²) in [7, 11) is 0. The zero-order valence-corrected chi connectivity index (χ0v) is 17.1. The highest BCUT2D eigenvalue weighted by molar-refractivity contribution is 7.17. The summed E-state index contributed by atoms with van der Waals surface area (Å²) in [6.07, 6.45) is 0. The molecule has 8 heteroatoms. The van der Waals surface area contributed by atoms with Crippen molar-refractivity contribution in [1.82, 2.24) is 9.13 Å². The number of hydrogen-bond acceptors (Lipinski definition) is 4. The highest BCUT2D eigenvalue weighted by Crippen LogP contribution is 2.18. The van der Waals surface area contributed by atoms with Crippen molar-refractivity contribution in [3.63, 3.8) is 0 Å². The highest BCUT2D eigenvalue weighted by Gasteiger charge is 2.18. The number of nitrogens with zero attached hydrogens (tertiary/aromatic N) is 2. The van der Waals surface area contributed by atoms with Crippen LogP contribution >= 0.6 is 11.3 Å². The Morgan fingerprint density at radius 1 is 1.10 bits per heavy atom. The van der Waals surface area contributed by atoms with Crippen molar-refractivity contribution in [2.45, 2.75) is 20.4 Å². The van der Waals surface area contributed by atoms with Crippen LogP contribution in [0.2, 0.25) is 0 Å². The minimum Gasteiger partial charge on any atom is -0.325 e. The first kappa shape index (κ1) is 19.8. The monoisotopic (exact) mass is 423 g/mol. The van der Waals surface area contributed by atoms with Crippen LogP contribution in [0.4, 0.5) is 10.1 Å². The van der Waals surface area contributed by atoms with Gasteiger partial charge in [0.15, 0.2) is 0 Å². The molecule has 2 aromatic carbocycles. The third-order valence-electron chi connectivity index (χ3n) is 4.76. The number of thiophene rings is 1. The quantitative estimate of drug-likeness (QED) is 0.545. The molecular formula is C22H18FN3O3S. The van der Waals surface area contributed by atoms with Gasteiger partial charge in [0.2, 0.25) is 5.91 Å². The van der Waals surface area contributed by atoms with Gasteiger partial charge in [0.1, 0.15) is 17.1 Å². The summed E-state index contributed by atoms with van der Waals surface area (Å²) in [5.74, 6) is -0.822. The Bertz CT molecular complexity index is 1400. The average Bonchev–Trinajstić information content (AvgIpc) is 3.18. The van der Waals surface area contributed by atoms with Crippen LogP contribution in [0, 0.1) is 19.7 Å². The van der Waals surface area contributed by atoms with E-state index in [2.05, 4.69) is 5.32 Å². The lowest BCUT2D eigenvalue weighted by atomic mass is 10.2. The van der Waals surface area contributed by atoms with Crippen LogP contribution in [0.25, 0.3) is 15.9 Å². The van der Waals surface area contributed by atoms with Gasteiger partial charge in [-0.1, -0.05) is 12.1 Å². The Morgan fingerprint density at radius 2 is 1.90 bits per heavy atom. The smallest absolute Gasteiger partial charge is 0.325 e. The van der Waals surface area contributed by atoms with Gasteiger partial charge in [-0.15, -0.1) is 11.3 Å². The maximum Gasteiger partial charge on any atom is 0.336 e. The van der Waals surface area contributed by atoms with Crippen molar-refractivity contribution >= 4 is 33.1 Å². The number of nitrogens with one attached hydrogen (secondary N) is 1. The lowest BCUT2D eigenvalue weighted by Crippen LogP contribution is -2.40. The first-order valence-electron chi connectivity index (χ1n) is 9.21. The summed E-state index contributed by atoms with van der Waals surface area (Å²) in [6.45, 7) is 3.21. The number of aryl methyl sites for hydroxylation is 2. The van der Waals surface area contributed by atoms with Crippen LogP contribution in [0.5, 0.6) is 0 Å². The number of aromatic nitrogens is 2. The number of carbonyl (C=O) groups is 1. The van der Waals surface area contributed by atoms with E-state index >= 15 is 0 Å². The molecule has 0 aliphatic heterocycles. The van der Waals surface area contributed by atoms with Crippen LogP contribution in [-0.2, 0) is 11.3 Å². The maximum absolute atomic E-state index is 13.7. The zero-order valence-electron chi connectivity index (χ0n) is 16.3. The summed E-state index contributed by atoms with van der Waals surface area (Å²) in [5, 5.41) is 4.47. The van der Waals surface area contributed by atoms with E-state index in [0.29, 0.717) is 21.5 Å². The summed E-state index contributed by atoms with van der Waals surface area (Å²) >= 11 is 1.19. The van der Waals surface area contributed by atoms with E-state index in [9.17, 15) is 18.8 Å². The van der Waals surface area contributed by atoms with E-state index in [-0.39, 0.29) is 12.2 Å². The summed E-state index contributed by atoms with van der Waals surface area (Å²) < 4.78 is 16.3. The van der Waals surface area contributed by atoms with Crippen LogP contribution < -0.4 is 16.6 Å². The predicted octanol–water partition coefficient (Wildman–Crippen LogP) is 3.61. The molecule has 4 aromatic rings. The molecule has 2 heterocycles. The molecule has 0 spiro atoms. The van der Waals surface area contributed by atoms with Gasteiger partial charge in [0.25, 0.3) is 5.56 Å². The number of carbonyl (C=O) groups excluding carboxylic acids is 1. The Kier molecular flexibility index (Phi) is 5.09. The molecule has 0 saturated heterocycles. The van der Waals surface area contributed by atoms with E-state index in [1.54, 1.807) is 24.4 Å². The second kappa shape index (κ2) is 7.72. The Hall–Kier alpha value is -3.52. The van der Waals surface area contributed by atoms with Gasteiger partial charge in [-0.05, 0) is 66.8 Å². The molecule has 152 valence electrons. The number of rotatable bonds is 4. The van der Waals surface area contributed by atoms with Gasteiger partial charge in [0.05, 0.1) is 11.2 Å². The van der Waals surface area contributed by atoms with Gasteiger partial charge < -0.3 is 5.32 Å². The standard InChI is InChI=1S/C22H18FN3O3S/c1-13-4-3-5-15(10-13)24-19(27)12-25-18-8-9-30-20(18)21(28)26(22(25)29)16-6-7-17(23)14(2)11-16/h3-11H,12H2,1-2H3,(H,24,27). The lowest BCUT2D eigenvalue weighted by molar-refractivity contribution is -0.116. The van der Waals surface area contributed by atoms with Crippen molar-refractivity contribution < 1.29 is 9.18 Å². The number of hydrogen-bond donors (Lipinski definition) is 1. The Balaban J connectivity index is 1.81. The van der Waals surface area contributed by atoms with Gasteiger partial charge in [0, 0.05) is 5.69 Å². The number of benzene rings is 2. The molecule has 30 heavy (non-hydrogen) atoms. The minimum absolute atomic E-state index is 0.257. The van der Waals surface area contributed by atoms with Crippen molar-refractivity contribution in [3.05, 3.63) is 91.7 Å². The van der Waals surface area contributed by atoms with E-state index < -0.39 is 23.0 Å². The summed E-state index contributed by atoms with van der Waals surface area (Å²) in [5.41, 5.74) is 1.43. The SMILES string of the molecule is Cc1cccc(NC(=O)Cn2c(=O)n(-c3ccc(F)c(C)c3)c(=O)c3sccc32)c1. The highest BCUT2D eigenvalue weighted by atomic mass is 32.1. The fourth-order valence-electron chi connectivity index (χ4n) is 3.30. The molecule has 0 bridgehead atoms. The third-order valence-corrected chi connectivity index (χ3v) is 5.65. The van der Waals surface area contributed by atoms with Crippen LogP contribution in [0.1, 0.15) is 11.1 Å². The van der Waals surface area contributed by atoms with Crippen molar-refractivity contribution in [3.8, 4) is 5.69 Å². The number of halogens is 1. The van der Waals surface area contributed by atoms with Crippen molar-refractivity contribution in [1.29, 1.82) is 0 Å².